The Kier molecular flexibility index (Phi) is 3.31. The number of nitrogens with zero attached hydrogens (tertiary/aromatic N) is 2. The molecule has 0 aliphatic carbocycles. The first kappa shape index (κ1) is 13.9. The summed E-state index contributed by atoms with van der Waals surface area (Å²) in [6.45, 7) is 1.57. The number of hydrogen-bond acceptors (Lipinski definition) is 3. The minimum absolute atomic E-state index is 0.241. The second kappa shape index (κ2) is 5.02. The van der Waals surface area contributed by atoms with Crippen LogP contribution < -0.4 is 5.73 Å². The highest BCUT2D eigenvalue weighted by molar-refractivity contribution is 6.30. The minimum Gasteiger partial charge on any atom is -0.399 e. The van der Waals surface area contributed by atoms with E-state index in [2.05, 4.69) is 4.98 Å². The molecule has 6 heteroatoms. The molecule has 4 nitrogen and oxygen atoms in total. The van der Waals surface area contributed by atoms with Gasteiger partial charge in [-0.2, -0.15) is 0 Å². The van der Waals surface area contributed by atoms with Gasteiger partial charge >= 0.3 is 0 Å². The lowest BCUT2D eigenvalue weighted by Crippen LogP contribution is -2.06. The Morgan fingerprint density at radius 1 is 1.29 bits per heavy atom. The number of hydrogen-bond donors (Lipinski definition) is 2. The predicted octanol–water partition coefficient (Wildman–Crippen LogP) is 3.45. The lowest BCUT2D eigenvalue weighted by molar-refractivity contribution is 0.187. The summed E-state index contributed by atoms with van der Waals surface area (Å²) in [4.78, 5) is 4.34. The lowest BCUT2D eigenvalue weighted by Gasteiger charge is -2.12. The van der Waals surface area contributed by atoms with Crippen LogP contribution in [0, 0.1) is 5.82 Å². The molecule has 108 valence electrons. The molecule has 3 N–H and O–H groups in total. The summed E-state index contributed by atoms with van der Waals surface area (Å²) in [7, 11) is 0. The van der Waals surface area contributed by atoms with Crippen LogP contribution >= 0.6 is 11.6 Å². The van der Waals surface area contributed by atoms with Crippen molar-refractivity contribution in [1.29, 1.82) is 0 Å². The third-order valence-corrected chi connectivity index (χ3v) is 3.46. The van der Waals surface area contributed by atoms with Crippen molar-refractivity contribution < 1.29 is 9.50 Å². The lowest BCUT2D eigenvalue weighted by atomic mass is 10.2. The molecule has 2 aromatic carbocycles. The van der Waals surface area contributed by atoms with Gasteiger partial charge < -0.3 is 10.8 Å². The van der Waals surface area contributed by atoms with Crippen LogP contribution in [0.15, 0.2) is 36.4 Å². The highest BCUT2D eigenvalue weighted by atomic mass is 35.5. The Labute approximate surface area is 125 Å². The SMILES string of the molecule is CC(O)c1nc2cc(N)ccc2n1-c1cc(Cl)ccc1F. The molecule has 1 unspecified atom stereocenters. The zero-order chi connectivity index (χ0) is 15.1. The standard InChI is InChI=1S/C15H13ClFN3O/c1-8(21)15-19-12-7-10(18)3-5-13(12)20(15)14-6-9(16)2-4-11(14)17/h2-8,21H,18H2,1H3. The summed E-state index contributed by atoms with van der Waals surface area (Å²) in [5, 5.41) is 10.3. The minimum atomic E-state index is -0.864. The summed E-state index contributed by atoms with van der Waals surface area (Å²) in [6.07, 6.45) is -0.864. The monoisotopic (exact) mass is 305 g/mol. The van der Waals surface area contributed by atoms with Gasteiger partial charge in [0.1, 0.15) is 17.7 Å². The molecule has 0 amide bonds. The highest BCUT2D eigenvalue weighted by Crippen LogP contribution is 2.29. The van der Waals surface area contributed by atoms with Gasteiger partial charge in [0.15, 0.2) is 0 Å². The van der Waals surface area contributed by atoms with Gasteiger partial charge in [0, 0.05) is 10.7 Å². The summed E-state index contributed by atoms with van der Waals surface area (Å²) < 4.78 is 15.7. The quantitative estimate of drug-likeness (QED) is 0.713. The van der Waals surface area contributed by atoms with Gasteiger partial charge in [-0.15, -0.1) is 0 Å². The van der Waals surface area contributed by atoms with E-state index in [4.69, 9.17) is 17.3 Å². The molecule has 3 rings (SSSR count). The number of aromatic nitrogens is 2. The topological polar surface area (TPSA) is 64.1 Å². The fourth-order valence-corrected chi connectivity index (χ4v) is 2.47. The Bertz CT molecular complexity index is 829. The molecule has 21 heavy (non-hydrogen) atoms. The van der Waals surface area contributed by atoms with Crippen LogP contribution in [0.25, 0.3) is 16.7 Å². The zero-order valence-electron chi connectivity index (χ0n) is 11.2. The van der Waals surface area contributed by atoms with E-state index in [1.807, 2.05) is 0 Å². The van der Waals surface area contributed by atoms with Crippen molar-refractivity contribution in [3.63, 3.8) is 0 Å². The molecule has 0 saturated carbocycles. The molecule has 3 aromatic rings. The molecule has 0 bridgehead atoms. The second-order valence-electron chi connectivity index (χ2n) is 4.83. The maximum Gasteiger partial charge on any atom is 0.147 e. The van der Waals surface area contributed by atoms with E-state index in [0.29, 0.717) is 27.6 Å². The Morgan fingerprint density at radius 3 is 2.76 bits per heavy atom. The molecule has 1 aromatic heterocycles. The van der Waals surface area contributed by atoms with Crippen LogP contribution in [-0.4, -0.2) is 14.7 Å². The summed E-state index contributed by atoms with van der Waals surface area (Å²) in [5.41, 5.74) is 7.78. The maximum absolute atomic E-state index is 14.2. The van der Waals surface area contributed by atoms with Crippen molar-refractivity contribution >= 4 is 28.3 Å². The molecular weight excluding hydrogens is 293 g/mol. The number of imidazole rings is 1. The Balaban J connectivity index is 2.39. The molecule has 0 aliphatic rings. The molecule has 1 atom stereocenters. The number of benzene rings is 2. The van der Waals surface area contributed by atoms with E-state index in [1.165, 1.54) is 18.2 Å². The summed E-state index contributed by atoms with van der Waals surface area (Å²) in [6, 6.07) is 9.38. The largest absolute Gasteiger partial charge is 0.399 e. The predicted molar refractivity (Wildman–Crippen MR) is 81.1 cm³/mol. The molecule has 0 aliphatic heterocycles. The van der Waals surface area contributed by atoms with Crippen molar-refractivity contribution in [2.75, 3.05) is 5.73 Å². The van der Waals surface area contributed by atoms with Crippen molar-refractivity contribution in [3.05, 3.63) is 53.1 Å². The molecule has 0 saturated heterocycles. The molecule has 0 spiro atoms. The third-order valence-electron chi connectivity index (χ3n) is 3.23. The number of nitrogen functional groups attached to an aromatic ring is 1. The van der Waals surface area contributed by atoms with Crippen LogP contribution in [0.4, 0.5) is 10.1 Å². The van der Waals surface area contributed by atoms with E-state index in [1.54, 1.807) is 29.7 Å². The van der Waals surface area contributed by atoms with E-state index >= 15 is 0 Å². The van der Waals surface area contributed by atoms with Crippen molar-refractivity contribution in [3.8, 4) is 5.69 Å². The van der Waals surface area contributed by atoms with E-state index in [9.17, 15) is 9.50 Å². The molecule has 0 radical (unpaired) electrons. The van der Waals surface area contributed by atoms with Gasteiger partial charge in [0.05, 0.1) is 16.7 Å². The summed E-state index contributed by atoms with van der Waals surface area (Å²) in [5.74, 6) is -0.116. The van der Waals surface area contributed by atoms with Gasteiger partial charge in [-0.3, -0.25) is 4.57 Å². The van der Waals surface area contributed by atoms with Crippen molar-refractivity contribution in [2.45, 2.75) is 13.0 Å². The number of aliphatic hydroxyl groups excluding tert-OH is 1. The van der Waals surface area contributed by atoms with Crippen LogP contribution in [0.2, 0.25) is 5.02 Å². The first-order valence-electron chi connectivity index (χ1n) is 6.38. The average molecular weight is 306 g/mol. The van der Waals surface area contributed by atoms with E-state index < -0.39 is 11.9 Å². The van der Waals surface area contributed by atoms with Gasteiger partial charge in [-0.1, -0.05) is 11.6 Å². The van der Waals surface area contributed by atoms with Gasteiger partial charge in [0.2, 0.25) is 0 Å². The number of halogens is 2. The number of fused-ring (bicyclic) bond motifs is 1. The van der Waals surface area contributed by atoms with Crippen LogP contribution in [0.5, 0.6) is 0 Å². The molecule has 1 heterocycles. The molecular formula is C15H13ClFN3O. The van der Waals surface area contributed by atoms with E-state index in [0.717, 1.165) is 0 Å². The van der Waals surface area contributed by atoms with Crippen LogP contribution in [-0.2, 0) is 0 Å². The van der Waals surface area contributed by atoms with Gasteiger partial charge in [0.25, 0.3) is 0 Å². The highest BCUT2D eigenvalue weighted by Gasteiger charge is 2.19. The Morgan fingerprint density at radius 2 is 2.05 bits per heavy atom. The number of anilines is 1. The zero-order valence-corrected chi connectivity index (χ0v) is 12.0. The van der Waals surface area contributed by atoms with Crippen LogP contribution in [0.1, 0.15) is 18.9 Å². The average Bonchev–Trinajstić information content (AvgIpc) is 2.80. The third kappa shape index (κ3) is 2.34. The summed E-state index contributed by atoms with van der Waals surface area (Å²) >= 11 is 5.96. The van der Waals surface area contributed by atoms with Crippen LogP contribution in [0.3, 0.4) is 0 Å². The van der Waals surface area contributed by atoms with Gasteiger partial charge in [-0.05, 0) is 43.3 Å². The smallest absolute Gasteiger partial charge is 0.147 e. The molecule has 0 fully saturated rings. The number of nitrogens with two attached hydrogens (primary N) is 1. The van der Waals surface area contributed by atoms with E-state index in [-0.39, 0.29) is 5.69 Å². The van der Waals surface area contributed by atoms with Crippen molar-refractivity contribution in [1.82, 2.24) is 9.55 Å². The first-order chi connectivity index (χ1) is 9.97. The normalized spacial score (nSPS) is 12.8. The number of aliphatic hydroxyl groups is 1. The first-order valence-corrected chi connectivity index (χ1v) is 6.76. The Hall–Kier alpha value is -2.11. The fraction of sp³-hybridized carbons (Fsp3) is 0.133. The van der Waals surface area contributed by atoms with Gasteiger partial charge in [-0.25, -0.2) is 9.37 Å². The van der Waals surface area contributed by atoms with Crippen molar-refractivity contribution in [2.24, 2.45) is 0 Å². The fourth-order valence-electron chi connectivity index (χ4n) is 2.31. The second-order valence-corrected chi connectivity index (χ2v) is 5.26. The number of rotatable bonds is 2. The maximum atomic E-state index is 14.2.